The summed E-state index contributed by atoms with van der Waals surface area (Å²) in [6.07, 6.45) is 1.24. The maximum absolute atomic E-state index is 11.5. The molecule has 108 valence electrons. The van der Waals surface area contributed by atoms with Gasteiger partial charge in [0, 0.05) is 5.56 Å². The molecule has 0 saturated heterocycles. The van der Waals surface area contributed by atoms with Crippen LogP contribution in [0.3, 0.4) is 0 Å². The minimum absolute atomic E-state index is 0.388. The molecule has 0 aliphatic heterocycles. The van der Waals surface area contributed by atoms with Gasteiger partial charge in [-0.25, -0.2) is 4.57 Å². The fourth-order valence-corrected chi connectivity index (χ4v) is 2.78. The van der Waals surface area contributed by atoms with Crippen LogP contribution >= 0.6 is 11.6 Å². The molecule has 0 aliphatic carbocycles. The summed E-state index contributed by atoms with van der Waals surface area (Å²) in [5, 5.41) is 14.2. The normalized spacial score (nSPS) is 11.4. The number of tetrazole rings is 1. The van der Waals surface area contributed by atoms with Crippen molar-refractivity contribution >= 4 is 11.6 Å². The van der Waals surface area contributed by atoms with Gasteiger partial charge in [-0.3, -0.25) is 9.59 Å². The van der Waals surface area contributed by atoms with Crippen molar-refractivity contribution in [3.05, 3.63) is 42.9 Å². The van der Waals surface area contributed by atoms with E-state index in [2.05, 4.69) is 20.6 Å². The number of aromatic nitrogens is 5. The van der Waals surface area contributed by atoms with Gasteiger partial charge in [0.05, 0.1) is 10.7 Å². The van der Waals surface area contributed by atoms with Crippen LogP contribution < -0.4 is 11.1 Å². The van der Waals surface area contributed by atoms with Crippen molar-refractivity contribution in [2.75, 3.05) is 0 Å². The fourth-order valence-electron chi connectivity index (χ4n) is 2.41. The van der Waals surface area contributed by atoms with E-state index in [9.17, 15) is 9.59 Å². The van der Waals surface area contributed by atoms with Gasteiger partial charge in [-0.15, -0.1) is 10.2 Å². The summed E-state index contributed by atoms with van der Waals surface area (Å²) in [5.74, 6) is 0.388. The number of benzene rings is 1. The molecule has 8 heteroatoms. The highest BCUT2D eigenvalue weighted by Crippen LogP contribution is 2.35. The summed E-state index contributed by atoms with van der Waals surface area (Å²) in [6.45, 7) is 3.87. The van der Waals surface area contributed by atoms with Crippen molar-refractivity contribution in [3.8, 4) is 17.1 Å². The molecule has 3 aromatic rings. The smallest absolute Gasteiger partial charge is 0.262 e. The van der Waals surface area contributed by atoms with Gasteiger partial charge in [-0.05, 0) is 35.2 Å². The highest BCUT2D eigenvalue weighted by Gasteiger charge is 2.26. The molecule has 1 N–H and O–H groups in total. The zero-order chi connectivity index (χ0) is 15.1. The van der Waals surface area contributed by atoms with E-state index in [1.54, 1.807) is 6.07 Å². The third kappa shape index (κ3) is 2.01. The lowest BCUT2D eigenvalue weighted by atomic mass is 9.98. The van der Waals surface area contributed by atoms with Crippen LogP contribution in [-0.4, -0.2) is 25.2 Å². The number of halogens is 1. The standard InChI is InChI=1S/C13H12ClN5O2/c1-3-6-5-8(11-15-17-18-16-11)9(14)7(4-2)10(6)19-12(20)13(19)21/h5H,3-4H2,1-2H3,(H,15,16,17,18). The van der Waals surface area contributed by atoms with Gasteiger partial charge in [0.1, 0.15) is 0 Å². The molecule has 0 atom stereocenters. The summed E-state index contributed by atoms with van der Waals surface area (Å²) >= 11 is 6.43. The zero-order valence-corrected chi connectivity index (χ0v) is 12.2. The van der Waals surface area contributed by atoms with Crippen LogP contribution in [0.15, 0.2) is 15.7 Å². The molecule has 7 nitrogen and oxygen atoms in total. The zero-order valence-electron chi connectivity index (χ0n) is 11.5. The Bertz CT molecular complexity index is 849. The quantitative estimate of drug-likeness (QED) is 0.727. The summed E-state index contributed by atoms with van der Waals surface area (Å²) in [5.41, 5.74) is 1.85. The molecule has 1 aromatic carbocycles. The van der Waals surface area contributed by atoms with Gasteiger partial charge in [-0.1, -0.05) is 25.4 Å². The summed E-state index contributed by atoms with van der Waals surface area (Å²) < 4.78 is 1.17. The second-order valence-corrected chi connectivity index (χ2v) is 4.99. The largest absolute Gasteiger partial charge is 0.324 e. The Morgan fingerprint density at radius 3 is 2.43 bits per heavy atom. The third-order valence-electron chi connectivity index (χ3n) is 3.49. The van der Waals surface area contributed by atoms with E-state index in [1.807, 2.05) is 13.8 Å². The summed E-state index contributed by atoms with van der Waals surface area (Å²) in [6, 6.07) is 1.81. The number of aromatic amines is 1. The Morgan fingerprint density at radius 2 is 1.95 bits per heavy atom. The SMILES string of the molecule is CCc1cc(-c2nn[nH]n2)c(Cl)c(CC)c1-n1c(=O)c1=O. The van der Waals surface area contributed by atoms with Gasteiger partial charge >= 0.3 is 11.1 Å². The summed E-state index contributed by atoms with van der Waals surface area (Å²) in [7, 11) is 0. The molecule has 0 bridgehead atoms. The maximum atomic E-state index is 11.5. The first-order chi connectivity index (χ1) is 10.1. The molecular formula is C13H12ClN5O2. The fraction of sp³-hybridized carbons (Fsp3) is 0.308. The van der Waals surface area contributed by atoms with E-state index >= 15 is 0 Å². The van der Waals surface area contributed by atoms with Crippen molar-refractivity contribution in [3.63, 3.8) is 0 Å². The number of nitrogens with one attached hydrogen (secondary N) is 1. The topological polar surface area (TPSA) is 93.5 Å². The molecule has 0 amide bonds. The van der Waals surface area contributed by atoms with Crippen LogP contribution in [-0.2, 0) is 12.8 Å². The molecule has 2 heterocycles. The number of hydrogen-bond acceptors (Lipinski definition) is 5. The Hall–Kier alpha value is -2.28. The Labute approximate surface area is 124 Å². The molecule has 0 unspecified atom stereocenters. The van der Waals surface area contributed by atoms with Crippen LogP contribution in [0.25, 0.3) is 17.1 Å². The van der Waals surface area contributed by atoms with E-state index in [0.29, 0.717) is 34.9 Å². The molecule has 2 aromatic heterocycles. The first-order valence-electron chi connectivity index (χ1n) is 6.56. The molecule has 0 fully saturated rings. The molecular weight excluding hydrogens is 294 g/mol. The number of nitrogens with zero attached hydrogens (tertiary/aromatic N) is 4. The van der Waals surface area contributed by atoms with Gasteiger partial charge in [0.15, 0.2) is 0 Å². The van der Waals surface area contributed by atoms with E-state index in [4.69, 9.17) is 11.6 Å². The number of rotatable bonds is 4. The van der Waals surface area contributed by atoms with Crippen LogP contribution in [0.2, 0.25) is 5.02 Å². The molecule has 3 rings (SSSR count). The average molecular weight is 306 g/mol. The highest BCUT2D eigenvalue weighted by molar-refractivity contribution is 6.34. The molecule has 0 saturated carbocycles. The lowest BCUT2D eigenvalue weighted by molar-refractivity contribution is 0.881. The van der Waals surface area contributed by atoms with Crippen molar-refractivity contribution < 1.29 is 0 Å². The van der Waals surface area contributed by atoms with E-state index in [-0.39, 0.29) is 0 Å². The number of H-pyrrole nitrogens is 1. The molecule has 0 radical (unpaired) electrons. The first kappa shape index (κ1) is 13.7. The highest BCUT2D eigenvalue weighted by atomic mass is 35.5. The van der Waals surface area contributed by atoms with Crippen LogP contribution in [0, 0.1) is 0 Å². The predicted octanol–water partition coefficient (Wildman–Crippen LogP) is 1.03. The van der Waals surface area contributed by atoms with Crippen molar-refractivity contribution in [1.82, 2.24) is 25.2 Å². The lowest BCUT2D eigenvalue weighted by Crippen LogP contribution is -2.05. The monoisotopic (exact) mass is 305 g/mol. The van der Waals surface area contributed by atoms with Gasteiger partial charge < -0.3 is 0 Å². The van der Waals surface area contributed by atoms with Gasteiger partial charge in [0.25, 0.3) is 0 Å². The molecule has 0 spiro atoms. The van der Waals surface area contributed by atoms with Crippen molar-refractivity contribution in [2.24, 2.45) is 0 Å². The molecule has 21 heavy (non-hydrogen) atoms. The number of hydrogen-bond donors (Lipinski definition) is 1. The second kappa shape index (κ2) is 4.92. The predicted molar refractivity (Wildman–Crippen MR) is 77.6 cm³/mol. The minimum Gasteiger partial charge on any atom is -0.262 e. The second-order valence-electron chi connectivity index (χ2n) is 4.61. The van der Waals surface area contributed by atoms with E-state index in [0.717, 1.165) is 11.1 Å². The van der Waals surface area contributed by atoms with Crippen molar-refractivity contribution in [1.29, 1.82) is 0 Å². The molecule has 0 aliphatic rings. The van der Waals surface area contributed by atoms with Gasteiger partial charge in [-0.2, -0.15) is 5.21 Å². The van der Waals surface area contributed by atoms with E-state index in [1.165, 1.54) is 4.57 Å². The Kier molecular flexibility index (Phi) is 3.21. The van der Waals surface area contributed by atoms with Crippen LogP contribution in [0.5, 0.6) is 0 Å². The average Bonchev–Trinajstić information content (AvgIpc) is 2.91. The lowest BCUT2D eigenvalue weighted by Gasteiger charge is -2.14. The van der Waals surface area contributed by atoms with E-state index < -0.39 is 11.1 Å². The van der Waals surface area contributed by atoms with Gasteiger partial charge in [0.2, 0.25) is 5.82 Å². The Morgan fingerprint density at radius 1 is 1.24 bits per heavy atom. The number of aryl methyl sites for hydroxylation is 1. The minimum atomic E-state index is -0.497. The summed E-state index contributed by atoms with van der Waals surface area (Å²) in [4.78, 5) is 22.9. The van der Waals surface area contributed by atoms with Crippen LogP contribution in [0.4, 0.5) is 0 Å². The van der Waals surface area contributed by atoms with Crippen molar-refractivity contribution in [2.45, 2.75) is 26.7 Å². The van der Waals surface area contributed by atoms with Crippen LogP contribution in [0.1, 0.15) is 25.0 Å². The Balaban J connectivity index is 2.32. The first-order valence-corrected chi connectivity index (χ1v) is 6.94. The third-order valence-corrected chi connectivity index (χ3v) is 3.93. The maximum Gasteiger partial charge on any atom is 0.324 e.